The zero-order valence-electron chi connectivity index (χ0n) is 28.5. The lowest BCUT2D eigenvalue weighted by Crippen LogP contribution is -2.46. The molecule has 2 heterocycles. The number of anilines is 1. The SMILES string of the molecule is CCCCN(CCCC)C(=O)c1cc(C)n(-c2ccc(NC(=O)[C@@H](C)c3ccccc3)cc2C(=O)N2Cc3ccccc3C[C@H]2CO)n1. The number of aryl methyl sites for hydroxylation is 1. The minimum atomic E-state index is -0.418. The van der Waals surface area contributed by atoms with E-state index in [1.807, 2.05) is 73.3 Å². The topological polar surface area (TPSA) is 108 Å². The van der Waals surface area contributed by atoms with Crippen LogP contribution < -0.4 is 5.32 Å². The Morgan fingerprint density at radius 3 is 2.27 bits per heavy atom. The summed E-state index contributed by atoms with van der Waals surface area (Å²) < 4.78 is 1.64. The number of hydrogen-bond acceptors (Lipinski definition) is 5. The zero-order chi connectivity index (χ0) is 34.2. The molecule has 1 aromatic heterocycles. The van der Waals surface area contributed by atoms with E-state index in [1.165, 1.54) is 0 Å². The second-order valence-electron chi connectivity index (χ2n) is 12.7. The van der Waals surface area contributed by atoms with Gasteiger partial charge in [0.2, 0.25) is 5.91 Å². The molecule has 3 amide bonds. The average Bonchev–Trinajstić information content (AvgIpc) is 3.51. The van der Waals surface area contributed by atoms with Crippen molar-refractivity contribution in [2.24, 2.45) is 0 Å². The van der Waals surface area contributed by atoms with Gasteiger partial charge in [0.25, 0.3) is 11.8 Å². The van der Waals surface area contributed by atoms with Crippen molar-refractivity contribution in [3.63, 3.8) is 0 Å². The second-order valence-corrected chi connectivity index (χ2v) is 12.7. The summed E-state index contributed by atoms with van der Waals surface area (Å²) in [5.41, 5.74) is 5.34. The third kappa shape index (κ3) is 7.68. The van der Waals surface area contributed by atoms with Gasteiger partial charge in [-0.25, -0.2) is 4.68 Å². The minimum absolute atomic E-state index is 0.126. The van der Waals surface area contributed by atoms with Crippen molar-refractivity contribution < 1.29 is 19.5 Å². The van der Waals surface area contributed by atoms with E-state index in [0.29, 0.717) is 54.4 Å². The summed E-state index contributed by atoms with van der Waals surface area (Å²) in [6.07, 6.45) is 4.32. The van der Waals surface area contributed by atoms with Gasteiger partial charge in [0, 0.05) is 31.0 Å². The van der Waals surface area contributed by atoms with Crippen LogP contribution >= 0.6 is 0 Å². The largest absolute Gasteiger partial charge is 0.394 e. The summed E-state index contributed by atoms with van der Waals surface area (Å²) in [7, 11) is 0. The van der Waals surface area contributed by atoms with Gasteiger partial charge in [0.1, 0.15) is 0 Å². The Balaban J connectivity index is 1.53. The first-order chi connectivity index (χ1) is 23.2. The van der Waals surface area contributed by atoms with Gasteiger partial charge in [0.15, 0.2) is 5.69 Å². The lowest BCUT2D eigenvalue weighted by atomic mass is 9.93. The van der Waals surface area contributed by atoms with Crippen molar-refractivity contribution in [3.05, 3.63) is 113 Å². The van der Waals surface area contributed by atoms with E-state index in [9.17, 15) is 19.5 Å². The minimum Gasteiger partial charge on any atom is -0.394 e. The highest BCUT2D eigenvalue weighted by Gasteiger charge is 2.32. The summed E-state index contributed by atoms with van der Waals surface area (Å²) >= 11 is 0. The summed E-state index contributed by atoms with van der Waals surface area (Å²) in [6.45, 7) is 9.41. The maximum atomic E-state index is 14.5. The first kappa shape index (κ1) is 34.6. The number of nitrogens with one attached hydrogen (secondary N) is 1. The van der Waals surface area contributed by atoms with Gasteiger partial charge in [-0.3, -0.25) is 14.4 Å². The monoisotopic (exact) mass is 649 g/mol. The van der Waals surface area contributed by atoms with Crippen LogP contribution in [0, 0.1) is 6.92 Å². The molecule has 48 heavy (non-hydrogen) atoms. The molecule has 0 unspecified atom stereocenters. The molecule has 2 N–H and O–H groups in total. The number of carbonyl (C=O) groups is 3. The number of fused-ring (bicyclic) bond motifs is 1. The highest BCUT2D eigenvalue weighted by Crippen LogP contribution is 2.29. The first-order valence-electron chi connectivity index (χ1n) is 17.1. The van der Waals surface area contributed by atoms with Crippen LogP contribution in [0.15, 0.2) is 78.9 Å². The van der Waals surface area contributed by atoms with E-state index < -0.39 is 12.0 Å². The van der Waals surface area contributed by atoms with Gasteiger partial charge < -0.3 is 20.2 Å². The van der Waals surface area contributed by atoms with Crippen molar-refractivity contribution in [2.45, 2.75) is 78.3 Å². The van der Waals surface area contributed by atoms with E-state index in [-0.39, 0.29) is 24.3 Å². The molecule has 1 aliphatic rings. The number of aromatic nitrogens is 2. The molecule has 0 aliphatic carbocycles. The Kier molecular flexibility index (Phi) is 11.4. The Morgan fingerprint density at radius 1 is 0.938 bits per heavy atom. The number of rotatable bonds is 13. The normalized spacial score (nSPS) is 14.7. The van der Waals surface area contributed by atoms with Gasteiger partial charge in [-0.15, -0.1) is 0 Å². The van der Waals surface area contributed by atoms with Crippen molar-refractivity contribution in [1.29, 1.82) is 0 Å². The van der Waals surface area contributed by atoms with Crippen LogP contribution in [-0.4, -0.2) is 68.1 Å². The summed E-state index contributed by atoms with van der Waals surface area (Å²) in [5, 5.41) is 18.1. The Morgan fingerprint density at radius 2 is 1.60 bits per heavy atom. The maximum Gasteiger partial charge on any atom is 0.274 e. The van der Waals surface area contributed by atoms with Crippen LogP contribution in [0.3, 0.4) is 0 Å². The molecular weight excluding hydrogens is 602 g/mol. The molecule has 0 fully saturated rings. The predicted molar refractivity (Wildman–Crippen MR) is 188 cm³/mol. The van der Waals surface area contributed by atoms with Crippen molar-refractivity contribution in [3.8, 4) is 5.69 Å². The van der Waals surface area contributed by atoms with Gasteiger partial charge >= 0.3 is 0 Å². The highest BCUT2D eigenvalue weighted by atomic mass is 16.3. The molecular formula is C39H47N5O4. The van der Waals surface area contributed by atoms with E-state index in [4.69, 9.17) is 5.10 Å². The van der Waals surface area contributed by atoms with Crippen LogP contribution in [0.1, 0.15) is 95.6 Å². The number of hydrogen-bond donors (Lipinski definition) is 2. The molecule has 2 atom stereocenters. The van der Waals surface area contributed by atoms with Crippen molar-refractivity contribution in [2.75, 3.05) is 25.0 Å². The number of unbranched alkanes of at least 4 members (excludes halogenated alkanes) is 2. The zero-order valence-corrected chi connectivity index (χ0v) is 28.5. The molecule has 4 aromatic rings. The molecule has 9 nitrogen and oxygen atoms in total. The van der Waals surface area contributed by atoms with Crippen LogP contribution in [-0.2, 0) is 17.8 Å². The summed E-state index contributed by atoms with van der Waals surface area (Å²) in [5.74, 6) is -1.03. The van der Waals surface area contributed by atoms with Crippen LogP contribution in [0.4, 0.5) is 5.69 Å². The fourth-order valence-corrected chi connectivity index (χ4v) is 6.25. The van der Waals surface area contributed by atoms with E-state index in [0.717, 1.165) is 42.4 Å². The highest BCUT2D eigenvalue weighted by molar-refractivity contribution is 6.01. The molecule has 5 rings (SSSR count). The van der Waals surface area contributed by atoms with Crippen LogP contribution in [0.5, 0.6) is 0 Å². The number of amides is 3. The Labute approximate surface area is 283 Å². The first-order valence-corrected chi connectivity index (χ1v) is 17.1. The molecule has 0 radical (unpaired) electrons. The van der Waals surface area contributed by atoms with Gasteiger partial charge in [-0.2, -0.15) is 5.10 Å². The standard InChI is InChI=1S/C39H47N5O4/c1-5-7-20-42(21-8-6-2)39(48)35-22-27(3)44(41-35)36-19-18-32(40-37(46)28(4)29-14-10-9-11-15-29)24-34(36)38(47)43-25-31-17-13-12-16-30(31)23-33(43)26-45/h9-19,22,24,28,33,45H,5-8,20-21,23,25-26H2,1-4H3,(H,40,46)/t28-,33-/m0/s1. The maximum absolute atomic E-state index is 14.5. The number of benzene rings is 3. The predicted octanol–water partition coefficient (Wildman–Crippen LogP) is 6.52. The molecule has 9 heteroatoms. The molecule has 1 aliphatic heterocycles. The average molecular weight is 650 g/mol. The Bertz CT molecular complexity index is 1730. The quantitative estimate of drug-likeness (QED) is 0.171. The second kappa shape index (κ2) is 15.9. The fourth-order valence-electron chi connectivity index (χ4n) is 6.25. The molecule has 0 saturated heterocycles. The van der Waals surface area contributed by atoms with E-state index in [2.05, 4.69) is 19.2 Å². The van der Waals surface area contributed by atoms with Gasteiger partial charge in [-0.05, 0) is 74.1 Å². The lowest BCUT2D eigenvalue weighted by molar-refractivity contribution is -0.117. The number of aliphatic hydroxyl groups is 1. The van der Waals surface area contributed by atoms with E-state index >= 15 is 0 Å². The fraction of sp³-hybridized carbons (Fsp3) is 0.385. The molecule has 0 saturated carbocycles. The summed E-state index contributed by atoms with van der Waals surface area (Å²) in [6, 6.07) is 24.0. The molecule has 252 valence electrons. The molecule has 0 spiro atoms. The number of carbonyl (C=O) groups excluding carboxylic acids is 3. The molecule has 0 bridgehead atoms. The van der Waals surface area contributed by atoms with Crippen molar-refractivity contribution in [1.82, 2.24) is 19.6 Å². The number of nitrogens with zero attached hydrogens (tertiary/aromatic N) is 4. The summed E-state index contributed by atoms with van der Waals surface area (Å²) in [4.78, 5) is 45.1. The smallest absolute Gasteiger partial charge is 0.274 e. The molecule has 3 aromatic carbocycles. The lowest BCUT2D eigenvalue weighted by Gasteiger charge is -2.36. The third-order valence-corrected chi connectivity index (χ3v) is 9.20. The Hall–Kier alpha value is -4.76. The van der Waals surface area contributed by atoms with Crippen LogP contribution in [0.25, 0.3) is 5.69 Å². The van der Waals surface area contributed by atoms with Crippen LogP contribution in [0.2, 0.25) is 0 Å². The van der Waals surface area contributed by atoms with Gasteiger partial charge in [-0.1, -0.05) is 81.3 Å². The van der Waals surface area contributed by atoms with Crippen molar-refractivity contribution >= 4 is 23.4 Å². The third-order valence-electron chi connectivity index (χ3n) is 9.20. The van der Waals surface area contributed by atoms with E-state index in [1.54, 1.807) is 33.8 Å². The van der Waals surface area contributed by atoms with Gasteiger partial charge in [0.05, 0.1) is 29.8 Å². The number of aliphatic hydroxyl groups excluding tert-OH is 1.